The van der Waals surface area contributed by atoms with E-state index in [0.717, 1.165) is 29.9 Å². The molecule has 108 valence electrons. The molecule has 1 aliphatic rings. The normalized spacial score (nSPS) is 21.2. The van der Waals surface area contributed by atoms with Crippen LogP contribution in [-0.2, 0) is 6.54 Å². The third kappa shape index (κ3) is 4.75. The molecule has 2 nitrogen and oxygen atoms in total. The summed E-state index contributed by atoms with van der Waals surface area (Å²) in [7, 11) is 0. The molecule has 1 atom stereocenters. The molecule has 1 N–H and O–H groups in total. The van der Waals surface area contributed by atoms with Crippen LogP contribution in [0.1, 0.15) is 32.1 Å². The van der Waals surface area contributed by atoms with Gasteiger partial charge in [0.25, 0.3) is 0 Å². The smallest absolute Gasteiger partial charge is 0.0931 e. The van der Waals surface area contributed by atoms with E-state index in [-0.39, 0.29) is 0 Å². The highest BCUT2D eigenvalue weighted by atomic mass is 35.5. The minimum atomic E-state index is 0.454. The lowest BCUT2D eigenvalue weighted by atomic mass is 9.80. The van der Waals surface area contributed by atoms with E-state index in [4.69, 9.17) is 11.6 Å². The zero-order valence-electron chi connectivity index (χ0n) is 12.2. The number of hydrogen-bond donors (Lipinski definition) is 1. The number of hydrogen-bond acceptors (Lipinski definition) is 3. The second-order valence-corrected chi connectivity index (χ2v) is 8.33. The molecule has 1 unspecified atom stereocenters. The van der Waals surface area contributed by atoms with E-state index in [1.54, 1.807) is 11.3 Å². The standard InChI is InChI=1S/C15H25ClN2S/c1-15(2,3)12-6-8-18(11-12)9-7-17-10-13-4-5-14(16)19-13/h4-5,12,17H,6-11H2,1-3H3. The fourth-order valence-electron chi connectivity index (χ4n) is 2.64. The molecule has 0 saturated carbocycles. The van der Waals surface area contributed by atoms with Crippen LogP contribution < -0.4 is 5.32 Å². The quantitative estimate of drug-likeness (QED) is 0.831. The van der Waals surface area contributed by atoms with Crippen molar-refractivity contribution in [1.29, 1.82) is 0 Å². The molecule has 0 amide bonds. The first-order valence-corrected chi connectivity index (χ1v) is 8.32. The van der Waals surface area contributed by atoms with Gasteiger partial charge in [-0.1, -0.05) is 32.4 Å². The fraction of sp³-hybridized carbons (Fsp3) is 0.733. The summed E-state index contributed by atoms with van der Waals surface area (Å²) < 4.78 is 0.879. The van der Waals surface area contributed by atoms with Gasteiger partial charge in [0, 0.05) is 31.1 Å². The Bertz CT molecular complexity index is 397. The molecule has 19 heavy (non-hydrogen) atoms. The maximum absolute atomic E-state index is 5.92. The molecular weight excluding hydrogens is 276 g/mol. The molecule has 0 aromatic carbocycles. The number of rotatable bonds is 5. The predicted molar refractivity (Wildman–Crippen MR) is 85.0 cm³/mol. The molecule has 1 aromatic rings. The highest BCUT2D eigenvalue weighted by Gasteiger charge is 2.31. The van der Waals surface area contributed by atoms with Crippen molar-refractivity contribution >= 4 is 22.9 Å². The average molecular weight is 301 g/mol. The first-order chi connectivity index (χ1) is 8.95. The highest BCUT2D eigenvalue weighted by molar-refractivity contribution is 7.16. The SMILES string of the molecule is CC(C)(C)C1CCN(CCNCc2ccc(Cl)s2)C1. The summed E-state index contributed by atoms with van der Waals surface area (Å²) in [5, 5.41) is 3.51. The van der Waals surface area contributed by atoms with Gasteiger partial charge >= 0.3 is 0 Å². The Hall–Kier alpha value is -0.0900. The van der Waals surface area contributed by atoms with Crippen molar-refractivity contribution in [1.82, 2.24) is 10.2 Å². The Labute approximate surface area is 126 Å². The molecule has 1 aliphatic heterocycles. The fourth-order valence-corrected chi connectivity index (χ4v) is 3.70. The Kier molecular flexibility index (Phi) is 5.29. The predicted octanol–water partition coefficient (Wildman–Crippen LogP) is 3.86. The summed E-state index contributed by atoms with van der Waals surface area (Å²) in [6, 6.07) is 4.07. The number of thiophene rings is 1. The second-order valence-electron chi connectivity index (χ2n) is 6.53. The highest BCUT2D eigenvalue weighted by Crippen LogP contribution is 2.33. The van der Waals surface area contributed by atoms with Crippen LogP contribution in [0.4, 0.5) is 0 Å². The van der Waals surface area contributed by atoms with E-state index >= 15 is 0 Å². The van der Waals surface area contributed by atoms with Gasteiger partial charge in [-0.3, -0.25) is 0 Å². The van der Waals surface area contributed by atoms with Crippen molar-refractivity contribution < 1.29 is 0 Å². The molecule has 0 spiro atoms. The molecule has 0 radical (unpaired) electrons. The van der Waals surface area contributed by atoms with Crippen LogP contribution in [0.5, 0.6) is 0 Å². The van der Waals surface area contributed by atoms with Crippen LogP contribution >= 0.6 is 22.9 Å². The number of nitrogens with zero attached hydrogens (tertiary/aromatic N) is 1. The third-order valence-electron chi connectivity index (χ3n) is 4.03. The number of halogens is 1. The zero-order valence-corrected chi connectivity index (χ0v) is 13.8. The van der Waals surface area contributed by atoms with Crippen molar-refractivity contribution in [3.05, 3.63) is 21.3 Å². The molecule has 4 heteroatoms. The van der Waals surface area contributed by atoms with Crippen LogP contribution in [0.25, 0.3) is 0 Å². The molecule has 1 fully saturated rings. The minimum Gasteiger partial charge on any atom is -0.311 e. The molecule has 1 saturated heterocycles. The monoisotopic (exact) mass is 300 g/mol. The summed E-state index contributed by atoms with van der Waals surface area (Å²) in [5.41, 5.74) is 0.454. The molecule has 1 aromatic heterocycles. The summed E-state index contributed by atoms with van der Waals surface area (Å²) in [6.07, 6.45) is 1.35. The van der Waals surface area contributed by atoms with Crippen molar-refractivity contribution in [3.8, 4) is 0 Å². The van der Waals surface area contributed by atoms with Gasteiger partial charge in [0.2, 0.25) is 0 Å². The first-order valence-electron chi connectivity index (χ1n) is 7.12. The average Bonchev–Trinajstić information content (AvgIpc) is 2.93. The number of likely N-dealkylation sites (tertiary alicyclic amines) is 1. The van der Waals surface area contributed by atoms with Gasteiger partial charge in [-0.2, -0.15) is 0 Å². The second kappa shape index (κ2) is 6.57. The summed E-state index contributed by atoms with van der Waals surface area (Å²) in [4.78, 5) is 3.91. The van der Waals surface area contributed by atoms with E-state index in [9.17, 15) is 0 Å². The van der Waals surface area contributed by atoms with Gasteiger partial charge < -0.3 is 10.2 Å². The molecule has 2 heterocycles. The van der Waals surface area contributed by atoms with Crippen molar-refractivity contribution in [2.45, 2.75) is 33.7 Å². The largest absolute Gasteiger partial charge is 0.311 e. The maximum atomic E-state index is 5.92. The van der Waals surface area contributed by atoms with E-state index in [1.807, 2.05) is 6.07 Å². The van der Waals surface area contributed by atoms with Gasteiger partial charge in [-0.25, -0.2) is 0 Å². The lowest BCUT2D eigenvalue weighted by molar-refractivity contribution is 0.229. The summed E-state index contributed by atoms with van der Waals surface area (Å²) >= 11 is 7.58. The number of nitrogens with one attached hydrogen (secondary N) is 1. The molecular formula is C15H25ClN2S. The Morgan fingerprint density at radius 1 is 1.42 bits per heavy atom. The Morgan fingerprint density at radius 3 is 2.79 bits per heavy atom. The lowest BCUT2D eigenvalue weighted by Gasteiger charge is -2.27. The van der Waals surface area contributed by atoms with E-state index in [0.29, 0.717) is 5.41 Å². The Balaban J connectivity index is 1.62. The van der Waals surface area contributed by atoms with Gasteiger partial charge in [-0.05, 0) is 36.4 Å². The third-order valence-corrected chi connectivity index (χ3v) is 5.26. The summed E-state index contributed by atoms with van der Waals surface area (Å²) in [5.74, 6) is 0.851. The maximum Gasteiger partial charge on any atom is 0.0931 e. The minimum absolute atomic E-state index is 0.454. The van der Waals surface area contributed by atoms with Gasteiger partial charge in [-0.15, -0.1) is 11.3 Å². The van der Waals surface area contributed by atoms with Crippen molar-refractivity contribution in [2.75, 3.05) is 26.2 Å². The van der Waals surface area contributed by atoms with Crippen LogP contribution in [0.15, 0.2) is 12.1 Å². The van der Waals surface area contributed by atoms with E-state index in [1.165, 1.54) is 24.4 Å². The molecule has 2 rings (SSSR count). The van der Waals surface area contributed by atoms with E-state index < -0.39 is 0 Å². The van der Waals surface area contributed by atoms with Crippen LogP contribution in [-0.4, -0.2) is 31.1 Å². The Morgan fingerprint density at radius 2 is 2.21 bits per heavy atom. The summed E-state index contributed by atoms with van der Waals surface area (Å²) in [6.45, 7) is 12.8. The van der Waals surface area contributed by atoms with Crippen molar-refractivity contribution in [3.63, 3.8) is 0 Å². The lowest BCUT2D eigenvalue weighted by Crippen LogP contribution is -2.31. The topological polar surface area (TPSA) is 15.3 Å². The van der Waals surface area contributed by atoms with Crippen LogP contribution in [0.2, 0.25) is 4.34 Å². The van der Waals surface area contributed by atoms with Gasteiger partial charge in [0.15, 0.2) is 0 Å². The van der Waals surface area contributed by atoms with Gasteiger partial charge in [0.05, 0.1) is 4.34 Å². The van der Waals surface area contributed by atoms with Crippen LogP contribution in [0, 0.1) is 11.3 Å². The molecule has 0 aliphatic carbocycles. The van der Waals surface area contributed by atoms with Crippen LogP contribution in [0.3, 0.4) is 0 Å². The van der Waals surface area contributed by atoms with E-state index in [2.05, 4.69) is 37.1 Å². The molecule has 0 bridgehead atoms. The zero-order chi connectivity index (χ0) is 13.9. The van der Waals surface area contributed by atoms with Crippen molar-refractivity contribution in [2.24, 2.45) is 11.3 Å². The first kappa shape index (κ1) is 15.3. The van der Waals surface area contributed by atoms with Gasteiger partial charge in [0.1, 0.15) is 0 Å².